The fourth-order valence-corrected chi connectivity index (χ4v) is 4.31. The summed E-state index contributed by atoms with van der Waals surface area (Å²) in [5.41, 5.74) is 1.51. The van der Waals surface area contributed by atoms with Crippen LogP contribution in [-0.2, 0) is 4.79 Å². The second kappa shape index (κ2) is 7.98. The number of aromatic amines is 1. The number of likely N-dealkylation sites (tertiary alicyclic amines) is 1. The molecule has 2 heterocycles. The summed E-state index contributed by atoms with van der Waals surface area (Å²) < 4.78 is 0. The number of nitrogens with one attached hydrogen (secondary N) is 2. The van der Waals surface area contributed by atoms with Crippen molar-refractivity contribution in [2.45, 2.75) is 22.6 Å². The Balaban J connectivity index is 1.45. The maximum absolute atomic E-state index is 12.1. The highest BCUT2D eigenvalue weighted by Crippen LogP contribution is 2.32. The Morgan fingerprint density at radius 2 is 1.81 bits per heavy atom. The van der Waals surface area contributed by atoms with Crippen LogP contribution in [0.25, 0.3) is 10.9 Å². The second-order valence-electron chi connectivity index (χ2n) is 6.70. The molecule has 6 heteroatoms. The van der Waals surface area contributed by atoms with Crippen LogP contribution in [0.15, 0.2) is 69.2 Å². The highest BCUT2D eigenvalue weighted by molar-refractivity contribution is 7.99. The van der Waals surface area contributed by atoms with Gasteiger partial charge in [-0.15, -0.1) is 0 Å². The molecule has 0 bridgehead atoms. The van der Waals surface area contributed by atoms with Crippen LogP contribution < -0.4 is 10.9 Å². The van der Waals surface area contributed by atoms with E-state index < -0.39 is 0 Å². The van der Waals surface area contributed by atoms with Crippen molar-refractivity contribution >= 4 is 34.3 Å². The molecule has 2 N–H and O–H groups in total. The lowest BCUT2D eigenvalue weighted by Crippen LogP contribution is -2.30. The predicted octanol–water partition coefficient (Wildman–Crippen LogP) is 3.71. The fourth-order valence-electron chi connectivity index (χ4n) is 3.33. The molecule has 5 nitrogen and oxygen atoms in total. The Labute approximate surface area is 161 Å². The van der Waals surface area contributed by atoms with Gasteiger partial charge in [0.1, 0.15) is 0 Å². The molecule has 4 rings (SSSR count). The van der Waals surface area contributed by atoms with Gasteiger partial charge in [-0.2, -0.15) is 0 Å². The van der Waals surface area contributed by atoms with E-state index in [0.29, 0.717) is 6.54 Å². The summed E-state index contributed by atoms with van der Waals surface area (Å²) in [5.74, 6) is 0.0258. The van der Waals surface area contributed by atoms with Gasteiger partial charge >= 0.3 is 0 Å². The average Bonchev–Trinajstić information content (AvgIpc) is 3.16. The summed E-state index contributed by atoms with van der Waals surface area (Å²) >= 11 is 1.54. The molecule has 0 aliphatic carbocycles. The van der Waals surface area contributed by atoms with Gasteiger partial charge in [0.25, 0.3) is 0 Å². The monoisotopic (exact) mass is 379 g/mol. The number of pyridine rings is 1. The van der Waals surface area contributed by atoms with E-state index in [2.05, 4.69) is 15.2 Å². The molecule has 1 fully saturated rings. The molecule has 1 saturated heterocycles. The number of para-hydroxylation sites is 1. The molecule has 0 saturated carbocycles. The van der Waals surface area contributed by atoms with Crippen molar-refractivity contribution in [1.82, 2.24) is 9.88 Å². The maximum atomic E-state index is 12.1. The molecule has 0 atom stereocenters. The summed E-state index contributed by atoms with van der Waals surface area (Å²) in [4.78, 5) is 31.0. The van der Waals surface area contributed by atoms with Crippen LogP contribution in [0.2, 0.25) is 0 Å². The lowest BCUT2D eigenvalue weighted by atomic mass is 10.2. The number of rotatable bonds is 5. The third-order valence-electron chi connectivity index (χ3n) is 4.64. The zero-order valence-corrected chi connectivity index (χ0v) is 15.7. The summed E-state index contributed by atoms with van der Waals surface area (Å²) in [7, 11) is 0. The Hall–Kier alpha value is -2.57. The minimum atomic E-state index is -0.109. The molecule has 0 radical (unpaired) electrons. The smallest absolute Gasteiger partial charge is 0.249 e. The topological polar surface area (TPSA) is 65.2 Å². The molecule has 0 unspecified atom stereocenters. The van der Waals surface area contributed by atoms with E-state index in [1.807, 2.05) is 48.5 Å². The Kier molecular flexibility index (Phi) is 5.27. The van der Waals surface area contributed by atoms with Gasteiger partial charge < -0.3 is 10.3 Å². The predicted molar refractivity (Wildman–Crippen MR) is 109 cm³/mol. The minimum absolute atomic E-state index is 0.0258. The zero-order valence-electron chi connectivity index (χ0n) is 14.9. The van der Waals surface area contributed by atoms with Crippen LogP contribution in [0.3, 0.4) is 0 Å². The number of carbonyl (C=O) groups excluding carboxylic acids is 1. The van der Waals surface area contributed by atoms with E-state index in [1.165, 1.54) is 12.8 Å². The van der Waals surface area contributed by atoms with Crippen LogP contribution in [0, 0.1) is 0 Å². The Morgan fingerprint density at radius 3 is 2.59 bits per heavy atom. The van der Waals surface area contributed by atoms with Gasteiger partial charge in [-0.05, 0) is 56.3 Å². The third kappa shape index (κ3) is 4.40. The average molecular weight is 379 g/mol. The molecule has 1 aromatic heterocycles. The number of anilines is 1. The van der Waals surface area contributed by atoms with E-state index >= 15 is 0 Å². The molecule has 1 amide bonds. The van der Waals surface area contributed by atoms with Gasteiger partial charge in [0.05, 0.1) is 6.54 Å². The van der Waals surface area contributed by atoms with Crippen LogP contribution >= 0.6 is 11.8 Å². The number of nitrogens with zero attached hydrogens (tertiary/aromatic N) is 1. The van der Waals surface area contributed by atoms with Gasteiger partial charge in [-0.25, -0.2) is 0 Å². The first-order valence-electron chi connectivity index (χ1n) is 9.09. The highest BCUT2D eigenvalue weighted by Gasteiger charge is 2.15. The third-order valence-corrected chi connectivity index (χ3v) is 5.71. The summed E-state index contributed by atoms with van der Waals surface area (Å²) in [5, 5.41) is 3.97. The summed E-state index contributed by atoms with van der Waals surface area (Å²) in [6, 6.07) is 17.1. The largest absolute Gasteiger partial charge is 0.325 e. The fraction of sp³-hybridized carbons (Fsp3) is 0.238. The van der Waals surface area contributed by atoms with Crippen molar-refractivity contribution in [3.8, 4) is 0 Å². The van der Waals surface area contributed by atoms with E-state index in [4.69, 9.17) is 0 Å². The molecule has 1 aliphatic rings. The van der Waals surface area contributed by atoms with Gasteiger partial charge in [0.2, 0.25) is 11.5 Å². The van der Waals surface area contributed by atoms with E-state index in [-0.39, 0.29) is 11.5 Å². The van der Waals surface area contributed by atoms with Gasteiger partial charge in [0.15, 0.2) is 0 Å². The highest BCUT2D eigenvalue weighted by atomic mass is 32.2. The first-order valence-corrected chi connectivity index (χ1v) is 9.91. The molecule has 3 aromatic rings. The van der Waals surface area contributed by atoms with Crippen molar-refractivity contribution in [3.05, 3.63) is 65.0 Å². The van der Waals surface area contributed by atoms with Crippen molar-refractivity contribution in [3.63, 3.8) is 0 Å². The number of hydrogen-bond donors (Lipinski definition) is 2. The van der Waals surface area contributed by atoms with Gasteiger partial charge in [-0.1, -0.05) is 30.0 Å². The van der Waals surface area contributed by atoms with E-state index in [0.717, 1.165) is 39.5 Å². The summed E-state index contributed by atoms with van der Waals surface area (Å²) in [6.45, 7) is 2.47. The van der Waals surface area contributed by atoms with Crippen molar-refractivity contribution in [2.24, 2.45) is 0 Å². The Bertz CT molecular complexity index is 1010. The van der Waals surface area contributed by atoms with Gasteiger partial charge in [0, 0.05) is 32.4 Å². The van der Waals surface area contributed by atoms with E-state index in [1.54, 1.807) is 17.8 Å². The van der Waals surface area contributed by atoms with Gasteiger partial charge in [-0.3, -0.25) is 14.5 Å². The molecule has 2 aromatic carbocycles. The number of hydrogen-bond acceptors (Lipinski definition) is 4. The molecular weight excluding hydrogens is 358 g/mol. The Morgan fingerprint density at radius 1 is 1.07 bits per heavy atom. The standard InChI is InChI=1S/C21H21N3O2S/c25-20-13-19(17-5-1-2-6-18(17)23-20)27-16-9-7-15(8-10-16)22-21(26)14-24-11-3-4-12-24/h1-2,5-10,13H,3-4,11-12,14H2,(H,22,26)(H,23,25). The zero-order chi connectivity index (χ0) is 18.6. The second-order valence-corrected chi connectivity index (χ2v) is 7.82. The number of benzene rings is 2. The minimum Gasteiger partial charge on any atom is -0.325 e. The first-order chi connectivity index (χ1) is 13.2. The molecule has 0 spiro atoms. The number of carbonyl (C=O) groups is 1. The van der Waals surface area contributed by atoms with Crippen LogP contribution in [0.1, 0.15) is 12.8 Å². The number of amides is 1. The van der Waals surface area contributed by atoms with Crippen LogP contribution in [0.5, 0.6) is 0 Å². The SMILES string of the molecule is O=C(CN1CCCC1)Nc1ccc(Sc2cc(=O)[nH]c3ccccc23)cc1. The van der Waals surface area contributed by atoms with E-state index in [9.17, 15) is 9.59 Å². The number of H-pyrrole nitrogens is 1. The number of fused-ring (bicyclic) bond motifs is 1. The molecular formula is C21H21N3O2S. The normalized spacial score (nSPS) is 14.5. The molecule has 138 valence electrons. The lowest BCUT2D eigenvalue weighted by molar-refractivity contribution is -0.117. The maximum Gasteiger partial charge on any atom is 0.249 e. The van der Waals surface area contributed by atoms with Crippen LogP contribution in [-0.4, -0.2) is 35.4 Å². The first kappa shape index (κ1) is 17.8. The molecule has 27 heavy (non-hydrogen) atoms. The van der Waals surface area contributed by atoms with Crippen LogP contribution in [0.4, 0.5) is 5.69 Å². The lowest BCUT2D eigenvalue weighted by Gasteiger charge is -2.14. The molecule has 1 aliphatic heterocycles. The van der Waals surface area contributed by atoms with Crippen molar-refractivity contribution in [1.29, 1.82) is 0 Å². The quantitative estimate of drug-likeness (QED) is 0.709. The number of aromatic nitrogens is 1. The van der Waals surface area contributed by atoms with Crippen molar-refractivity contribution < 1.29 is 4.79 Å². The summed E-state index contributed by atoms with van der Waals surface area (Å²) in [6.07, 6.45) is 2.35. The van der Waals surface area contributed by atoms with Crippen molar-refractivity contribution in [2.75, 3.05) is 25.0 Å².